The van der Waals surface area contributed by atoms with Gasteiger partial charge in [-0.1, -0.05) is 12.1 Å². The molecule has 2 aromatic carbocycles. The maximum absolute atomic E-state index is 12.3. The van der Waals surface area contributed by atoms with Crippen LogP contribution in [0.1, 0.15) is 20.9 Å². The summed E-state index contributed by atoms with van der Waals surface area (Å²) in [7, 11) is 1.70. The predicted octanol–water partition coefficient (Wildman–Crippen LogP) is 2.76. The number of thiazole rings is 1. The van der Waals surface area contributed by atoms with Crippen LogP contribution in [0.25, 0.3) is 10.2 Å². The van der Waals surface area contributed by atoms with Crippen LogP contribution < -0.4 is 4.90 Å². The molecule has 8 heteroatoms. The zero-order chi connectivity index (χ0) is 20.4. The summed E-state index contributed by atoms with van der Waals surface area (Å²) in [4.78, 5) is 41.8. The number of rotatable bonds is 7. The van der Waals surface area contributed by atoms with Crippen LogP contribution in [0, 0.1) is 0 Å². The van der Waals surface area contributed by atoms with Crippen LogP contribution in [-0.4, -0.2) is 42.9 Å². The van der Waals surface area contributed by atoms with E-state index in [1.165, 1.54) is 11.3 Å². The van der Waals surface area contributed by atoms with E-state index in [9.17, 15) is 14.4 Å². The third-order valence-corrected chi connectivity index (χ3v) is 5.64. The second-order valence-corrected chi connectivity index (χ2v) is 7.74. The molecule has 0 unspecified atom stereocenters. The lowest BCUT2D eigenvalue weighted by molar-refractivity contribution is -0.148. The molecule has 0 atom stereocenters. The lowest BCUT2D eigenvalue weighted by Crippen LogP contribution is -2.20. The molecule has 0 spiro atoms. The van der Waals surface area contributed by atoms with E-state index in [4.69, 9.17) is 9.47 Å². The Morgan fingerprint density at radius 1 is 1.17 bits per heavy atom. The van der Waals surface area contributed by atoms with E-state index < -0.39 is 5.97 Å². The number of hydrogen-bond donors (Lipinski definition) is 0. The Kier molecular flexibility index (Phi) is 5.37. The largest absolute Gasteiger partial charge is 0.456 e. The van der Waals surface area contributed by atoms with Gasteiger partial charge in [0.15, 0.2) is 12.4 Å². The highest BCUT2D eigenvalue weighted by molar-refractivity contribution is 7.18. The van der Waals surface area contributed by atoms with Gasteiger partial charge in [0.25, 0.3) is 0 Å². The first kappa shape index (κ1) is 19.2. The van der Waals surface area contributed by atoms with Crippen LogP contribution in [0.3, 0.4) is 0 Å². The fourth-order valence-corrected chi connectivity index (χ4v) is 4.02. The molecule has 1 aliphatic heterocycles. The summed E-state index contributed by atoms with van der Waals surface area (Å²) in [6.45, 7) is -0.423. The molecule has 0 saturated carbocycles. The number of likely N-dealkylation sites (N-methyl/N-ethyl adjacent to an activating group) is 1. The Morgan fingerprint density at radius 2 is 2.00 bits per heavy atom. The van der Waals surface area contributed by atoms with Gasteiger partial charge in [0.2, 0.25) is 5.91 Å². The lowest BCUT2D eigenvalue weighted by Gasteiger charge is -2.10. The van der Waals surface area contributed by atoms with Crippen molar-refractivity contribution >= 4 is 44.9 Å². The molecule has 1 aromatic heterocycles. The smallest absolute Gasteiger partial charge is 0.332 e. The molecule has 0 bridgehead atoms. The van der Waals surface area contributed by atoms with E-state index in [0.717, 1.165) is 26.5 Å². The standard InChI is InChI=1S/C21H18N2O5S/c1-23-16-7-6-13(8-14(16)9-20(23)25)17(24)10-28-21(26)12-27-11-19-22-15-4-2-3-5-18(15)29-19/h2-8H,9-12H2,1H3. The minimum atomic E-state index is -0.615. The molecule has 4 rings (SSSR count). The third kappa shape index (κ3) is 4.18. The second kappa shape index (κ2) is 8.10. The van der Waals surface area contributed by atoms with Gasteiger partial charge in [-0.05, 0) is 35.9 Å². The Morgan fingerprint density at radius 3 is 2.83 bits per heavy atom. The maximum Gasteiger partial charge on any atom is 0.332 e. The van der Waals surface area contributed by atoms with Gasteiger partial charge in [-0.3, -0.25) is 9.59 Å². The lowest BCUT2D eigenvalue weighted by atomic mass is 10.1. The van der Waals surface area contributed by atoms with Gasteiger partial charge < -0.3 is 14.4 Å². The molecule has 148 valence electrons. The maximum atomic E-state index is 12.3. The van der Waals surface area contributed by atoms with E-state index in [-0.39, 0.29) is 37.9 Å². The highest BCUT2D eigenvalue weighted by atomic mass is 32.1. The first-order valence-electron chi connectivity index (χ1n) is 9.02. The summed E-state index contributed by atoms with van der Waals surface area (Å²) < 4.78 is 11.4. The zero-order valence-electron chi connectivity index (χ0n) is 15.7. The van der Waals surface area contributed by atoms with Crippen LogP contribution in [-0.2, 0) is 32.1 Å². The Labute approximate surface area is 170 Å². The monoisotopic (exact) mass is 410 g/mol. The number of ether oxygens (including phenoxy) is 2. The van der Waals surface area contributed by atoms with E-state index in [0.29, 0.717) is 5.56 Å². The molecule has 0 saturated heterocycles. The van der Waals surface area contributed by atoms with Crippen molar-refractivity contribution in [2.45, 2.75) is 13.0 Å². The number of Topliss-reactive ketones (excluding diaryl/α,β-unsaturated/α-hetero) is 1. The molecule has 1 amide bonds. The predicted molar refractivity (Wildman–Crippen MR) is 108 cm³/mol. The van der Waals surface area contributed by atoms with Crippen molar-refractivity contribution in [1.29, 1.82) is 0 Å². The SMILES string of the molecule is CN1C(=O)Cc2cc(C(=O)COC(=O)COCc3nc4ccccc4s3)ccc21. The molecule has 0 radical (unpaired) electrons. The molecular weight excluding hydrogens is 392 g/mol. The zero-order valence-corrected chi connectivity index (χ0v) is 16.5. The number of nitrogens with zero attached hydrogens (tertiary/aromatic N) is 2. The quantitative estimate of drug-likeness (QED) is 0.440. The summed E-state index contributed by atoms with van der Waals surface area (Å²) in [6.07, 6.45) is 0.270. The van der Waals surface area contributed by atoms with Crippen molar-refractivity contribution < 1.29 is 23.9 Å². The minimum Gasteiger partial charge on any atom is -0.456 e. The van der Waals surface area contributed by atoms with Crippen molar-refractivity contribution in [1.82, 2.24) is 4.98 Å². The molecule has 0 N–H and O–H groups in total. The van der Waals surface area contributed by atoms with Crippen molar-refractivity contribution in [3.8, 4) is 0 Å². The first-order valence-corrected chi connectivity index (χ1v) is 9.83. The topological polar surface area (TPSA) is 85.8 Å². The third-order valence-electron chi connectivity index (χ3n) is 4.63. The van der Waals surface area contributed by atoms with Crippen LogP contribution in [0.2, 0.25) is 0 Å². The fourth-order valence-electron chi connectivity index (χ4n) is 3.12. The number of benzene rings is 2. The molecule has 2 heterocycles. The number of carbonyl (C=O) groups excluding carboxylic acids is 3. The summed E-state index contributed by atoms with van der Waals surface area (Å²) in [5.41, 5.74) is 2.90. The Hall–Kier alpha value is -3.10. The summed E-state index contributed by atoms with van der Waals surface area (Å²) in [5.74, 6) is -0.953. The Bertz CT molecular complexity index is 1070. The number of para-hydroxylation sites is 1. The van der Waals surface area contributed by atoms with E-state index in [1.807, 2.05) is 24.3 Å². The number of amides is 1. The van der Waals surface area contributed by atoms with Crippen molar-refractivity contribution in [2.24, 2.45) is 0 Å². The van der Waals surface area contributed by atoms with Crippen molar-refractivity contribution in [2.75, 3.05) is 25.2 Å². The molecule has 1 aliphatic rings. The molecule has 0 fully saturated rings. The van der Waals surface area contributed by atoms with Crippen LogP contribution in [0.4, 0.5) is 5.69 Å². The Balaban J connectivity index is 1.25. The van der Waals surface area contributed by atoms with Gasteiger partial charge in [0, 0.05) is 18.3 Å². The molecule has 7 nitrogen and oxygen atoms in total. The van der Waals surface area contributed by atoms with Crippen molar-refractivity contribution in [3.63, 3.8) is 0 Å². The highest BCUT2D eigenvalue weighted by Crippen LogP contribution is 2.28. The van der Waals surface area contributed by atoms with E-state index in [1.54, 1.807) is 30.1 Å². The highest BCUT2D eigenvalue weighted by Gasteiger charge is 2.25. The number of anilines is 1. The summed E-state index contributed by atoms with van der Waals surface area (Å²) in [5, 5.41) is 0.771. The average Bonchev–Trinajstić information content (AvgIpc) is 3.26. The van der Waals surface area contributed by atoms with Gasteiger partial charge in [0.05, 0.1) is 23.2 Å². The fraction of sp³-hybridized carbons (Fsp3) is 0.238. The number of carbonyl (C=O) groups is 3. The van der Waals surface area contributed by atoms with Gasteiger partial charge >= 0.3 is 5.97 Å². The van der Waals surface area contributed by atoms with Gasteiger partial charge in [0.1, 0.15) is 11.6 Å². The van der Waals surface area contributed by atoms with Crippen LogP contribution >= 0.6 is 11.3 Å². The normalized spacial score (nSPS) is 13.0. The molecular formula is C21H18N2O5S. The van der Waals surface area contributed by atoms with Gasteiger partial charge in [-0.15, -0.1) is 11.3 Å². The van der Waals surface area contributed by atoms with Crippen LogP contribution in [0.5, 0.6) is 0 Å². The van der Waals surface area contributed by atoms with Gasteiger partial charge in [-0.2, -0.15) is 0 Å². The number of hydrogen-bond acceptors (Lipinski definition) is 7. The minimum absolute atomic E-state index is 0.0127. The second-order valence-electron chi connectivity index (χ2n) is 6.63. The number of fused-ring (bicyclic) bond motifs is 2. The van der Waals surface area contributed by atoms with Crippen LogP contribution in [0.15, 0.2) is 42.5 Å². The van der Waals surface area contributed by atoms with E-state index in [2.05, 4.69) is 4.98 Å². The first-order chi connectivity index (χ1) is 14.0. The molecule has 0 aliphatic carbocycles. The molecule has 29 heavy (non-hydrogen) atoms. The average molecular weight is 410 g/mol. The number of aromatic nitrogens is 1. The summed E-state index contributed by atoms with van der Waals surface area (Å²) in [6, 6.07) is 12.8. The van der Waals surface area contributed by atoms with Gasteiger partial charge in [-0.25, -0.2) is 9.78 Å². The molecule has 3 aromatic rings. The van der Waals surface area contributed by atoms with Crippen molar-refractivity contribution in [3.05, 3.63) is 58.6 Å². The van der Waals surface area contributed by atoms with E-state index >= 15 is 0 Å². The number of ketones is 1. The summed E-state index contributed by atoms with van der Waals surface area (Å²) >= 11 is 1.50. The number of esters is 1.